The molecule has 1 fully saturated rings. The third kappa shape index (κ3) is 3.03. The fourth-order valence-corrected chi connectivity index (χ4v) is 2.34. The van der Waals surface area contributed by atoms with Gasteiger partial charge < -0.3 is 9.64 Å². The van der Waals surface area contributed by atoms with Crippen LogP contribution >= 0.6 is 0 Å². The minimum atomic E-state index is 0.0716. The molecule has 0 bridgehead atoms. The zero-order valence-electron chi connectivity index (χ0n) is 11.1. The maximum Gasteiger partial charge on any atom is 0.225 e. The first kappa shape index (κ1) is 12.9. The van der Waals surface area contributed by atoms with Gasteiger partial charge in [0.15, 0.2) is 0 Å². The summed E-state index contributed by atoms with van der Waals surface area (Å²) in [4.78, 5) is 14.0. The Morgan fingerprint density at radius 1 is 1.39 bits per heavy atom. The maximum atomic E-state index is 12.0. The van der Waals surface area contributed by atoms with E-state index in [1.165, 1.54) is 0 Å². The lowest BCUT2D eigenvalue weighted by molar-refractivity contribution is -0.135. The second-order valence-electron chi connectivity index (χ2n) is 5.11. The van der Waals surface area contributed by atoms with Gasteiger partial charge in [0.2, 0.25) is 5.91 Å². The van der Waals surface area contributed by atoms with Crippen molar-refractivity contribution in [2.45, 2.75) is 32.7 Å². The van der Waals surface area contributed by atoms with Crippen LogP contribution < -0.4 is 4.74 Å². The van der Waals surface area contributed by atoms with Gasteiger partial charge in [0, 0.05) is 12.5 Å². The lowest BCUT2D eigenvalue weighted by Crippen LogP contribution is -2.41. The van der Waals surface area contributed by atoms with Crippen LogP contribution in [0.4, 0.5) is 0 Å². The van der Waals surface area contributed by atoms with Gasteiger partial charge in [0.1, 0.15) is 12.4 Å². The summed E-state index contributed by atoms with van der Waals surface area (Å²) in [7, 11) is 0. The lowest BCUT2D eigenvalue weighted by Gasteiger charge is -2.26. The molecule has 2 rings (SSSR count). The molecule has 0 aromatic heterocycles. The van der Waals surface area contributed by atoms with E-state index < -0.39 is 0 Å². The van der Waals surface area contributed by atoms with Crippen LogP contribution in [-0.2, 0) is 4.79 Å². The van der Waals surface area contributed by atoms with Crippen LogP contribution in [0.5, 0.6) is 5.75 Å². The summed E-state index contributed by atoms with van der Waals surface area (Å²) in [6.07, 6.45) is 2.13. The average Bonchev–Trinajstić information content (AvgIpc) is 2.84. The van der Waals surface area contributed by atoms with Crippen LogP contribution in [0, 0.1) is 5.92 Å². The van der Waals surface area contributed by atoms with E-state index in [9.17, 15) is 4.79 Å². The number of para-hydroxylation sites is 1. The monoisotopic (exact) mass is 247 g/mol. The van der Waals surface area contributed by atoms with E-state index >= 15 is 0 Å². The molecule has 1 aliphatic heterocycles. The molecule has 0 unspecified atom stereocenters. The zero-order chi connectivity index (χ0) is 13.0. The lowest BCUT2D eigenvalue weighted by atomic mass is 10.1. The van der Waals surface area contributed by atoms with Crippen LogP contribution in [0.25, 0.3) is 0 Å². The van der Waals surface area contributed by atoms with Gasteiger partial charge in [-0.2, -0.15) is 0 Å². The normalized spacial score (nSPS) is 19.3. The standard InChI is InChI=1S/C15H21NO2/c1-12(2)15(17)16-10-6-7-13(16)11-18-14-8-4-3-5-9-14/h3-5,8-9,12-13H,6-7,10-11H2,1-2H3/t13-/m1/s1. The molecular weight excluding hydrogens is 226 g/mol. The van der Waals surface area contributed by atoms with Crippen molar-refractivity contribution in [3.8, 4) is 5.75 Å². The maximum absolute atomic E-state index is 12.0. The molecule has 3 nitrogen and oxygen atoms in total. The van der Waals surface area contributed by atoms with Gasteiger partial charge in [-0.3, -0.25) is 4.79 Å². The summed E-state index contributed by atoms with van der Waals surface area (Å²) in [5, 5.41) is 0. The molecule has 1 atom stereocenters. The highest BCUT2D eigenvalue weighted by atomic mass is 16.5. The molecule has 0 aliphatic carbocycles. The Bertz CT molecular complexity index is 389. The van der Waals surface area contributed by atoms with Crippen molar-refractivity contribution < 1.29 is 9.53 Å². The molecule has 0 N–H and O–H groups in total. The SMILES string of the molecule is CC(C)C(=O)N1CCC[C@@H]1COc1ccccc1. The number of carbonyl (C=O) groups excluding carboxylic acids is 1. The summed E-state index contributed by atoms with van der Waals surface area (Å²) in [5.41, 5.74) is 0. The number of ether oxygens (including phenoxy) is 1. The predicted molar refractivity (Wildman–Crippen MR) is 71.5 cm³/mol. The molecule has 18 heavy (non-hydrogen) atoms. The van der Waals surface area contributed by atoms with Crippen LogP contribution in [0.2, 0.25) is 0 Å². The Morgan fingerprint density at radius 2 is 2.11 bits per heavy atom. The van der Waals surface area contributed by atoms with Crippen molar-refractivity contribution in [3.63, 3.8) is 0 Å². The van der Waals surface area contributed by atoms with Crippen molar-refractivity contribution in [2.24, 2.45) is 5.92 Å². The van der Waals surface area contributed by atoms with Gasteiger partial charge in [-0.1, -0.05) is 32.0 Å². The highest BCUT2D eigenvalue weighted by molar-refractivity contribution is 5.78. The topological polar surface area (TPSA) is 29.5 Å². The Labute approximate surface area is 109 Å². The zero-order valence-corrected chi connectivity index (χ0v) is 11.1. The minimum absolute atomic E-state index is 0.0716. The van der Waals surface area contributed by atoms with E-state index in [2.05, 4.69) is 0 Å². The molecule has 0 spiro atoms. The van der Waals surface area contributed by atoms with Crippen molar-refractivity contribution in [1.29, 1.82) is 0 Å². The van der Waals surface area contributed by atoms with E-state index in [0.717, 1.165) is 25.1 Å². The van der Waals surface area contributed by atoms with E-state index in [0.29, 0.717) is 6.61 Å². The molecule has 1 saturated heterocycles. The molecule has 1 amide bonds. The quantitative estimate of drug-likeness (QED) is 0.818. The van der Waals surface area contributed by atoms with Crippen molar-refractivity contribution in [3.05, 3.63) is 30.3 Å². The Kier molecular flexibility index (Phi) is 4.24. The number of nitrogens with zero attached hydrogens (tertiary/aromatic N) is 1. The first-order chi connectivity index (χ1) is 8.68. The molecule has 1 heterocycles. The highest BCUT2D eigenvalue weighted by Crippen LogP contribution is 2.21. The molecule has 1 aliphatic rings. The first-order valence-electron chi connectivity index (χ1n) is 6.67. The van der Waals surface area contributed by atoms with Gasteiger partial charge in [0.05, 0.1) is 6.04 Å². The fraction of sp³-hybridized carbons (Fsp3) is 0.533. The van der Waals surface area contributed by atoms with Crippen LogP contribution in [0.15, 0.2) is 30.3 Å². The third-order valence-corrected chi connectivity index (χ3v) is 3.34. The predicted octanol–water partition coefficient (Wildman–Crippen LogP) is 2.71. The summed E-state index contributed by atoms with van der Waals surface area (Å²) in [6.45, 7) is 5.38. The van der Waals surface area contributed by atoms with E-state index in [4.69, 9.17) is 4.74 Å². The molecule has 1 aromatic rings. The average molecular weight is 247 g/mol. The smallest absolute Gasteiger partial charge is 0.225 e. The second-order valence-corrected chi connectivity index (χ2v) is 5.11. The fourth-order valence-electron chi connectivity index (χ4n) is 2.34. The summed E-state index contributed by atoms with van der Waals surface area (Å²) >= 11 is 0. The van der Waals surface area contributed by atoms with Gasteiger partial charge >= 0.3 is 0 Å². The number of hydrogen-bond acceptors (Lipinski definition) is 2. The molecule has 0 saturated carbocycles. The van der Waals surface area contributed by atoms with Gasteiger partial charge in [-0.15, -0.1) is 0 Å². The van der Waals surface area contributed by atoms with Gasteiger partial charge in [-0.05, 0) is 25.0 Å². The van der Waals surface area contributed by atoms with E-state index in [1.54, 1.807) is 0 Å². The minimum Gasteiger partial charge on any atom is -0.491 e. The molecule has 98 valence electrons. The number of benzene rings is 1. The van der Waals surface area contributed by atoms with E-state index in [-0.39, 0.29) is 17.9 Å². The van der Waals surface area contributed by atoms with Gasteiger partial charge in [0.25, 0.3) is 0 Å². The largest absolute Gasteiger partial charge is 0.491 e. The summed E-state index contributed by atoms with van der Waals surface area (Å²) < 4.78 is 5.76. The summed E-state index contributed by atoms with van der Waals surface area (Å²) in [5.74, 6) is 1.19. The number of hydrogen-bond donors (Lipinski definition) is 0. The molecule has 0 radical (unpaired) electrons. The number of likely N-dealkylation sites (tertiary alicyclic amines) is 1. The van der Waals surface area contributed by atoms with Crippen LogP contribution in [-0.4, -0.2) is 30.0 Å². The molecule has 3 heteroatoms. The van der Waals surface area contributed by atoms with Gasteiger partial charge in [-0.25, -0.2) is 0 Å². The Morgan fingerprint density at radius 3 is 2.78 bits per heavy atom. The number of rotatable bonds is 4. The molecular formula is C15H21NO2. The number of carbonyl (C=O) groups is 1. The van der Waals surface area contributed by atoms with Crippen molar-refractivity contribution >= 4 is 5.91 Å². The third-order valence-electron chi connectivity index (χ3n) is 3.34. The van der Waals surface area contributed by atoms with Crippen molar-refractivity contribution in [1.82, 2.24) is 4.90 Å². The van der Waals surface area contributed by atoms with Crippen LogP contribution in [0.1, 0.15) is 26.7 Å². The Hall–Kier alpha value is -1.51. The van der Waals surface area contributed by atoms with E-state index in [1.807, 2.05) is 49.1 Å². The van der Waals surface area contributed by atoms with Crippen molar-refractivity contribution in [2.75, 3.05) is 13.2 Å². The number of amides is 1. The second kappa shape index (κ2) is 5.89. The first-order valence-corrected chi connectivity index (χ1v) is 6.67. The Balaban J connectivity index is 1.90. The van der Waals surface area contributed by atoms with Crippen LogP contribution in [0.3, 0.4) is 0 Å². The molecule has 1 aromatic carbocycles. The summed E-state index contributed by atoms with van der Waals surface area (Å²) in [6, 6.07) is 10.0. The highest BCUT2D eigenvalue weighted by Gasteiger charge is 2.30.